The number of benzene rings is 1. The number of rotatable bonds is 6. The van der Waals surface area contributed by atoms with Crippen LogP contribution in [0.5, 0.6) is 0 Å². The largest absolute Gasteiger partial charge is 0.469 e. The van der Waals surface area contributed by atoms with Crippen molar-refractivity contribution >= 4 is 27.7 Å². The van der Waals surface area contributed by atoms with Crippen molar-refractivity contribution < 1.29 is 4.42 Å². The summed E-state index contributed by atoms with van der Waals surface area (Å²) in [5.74, 6) is 2.04. The number of hydrogen-bond donors (Lipinski definition) is 1. The Bertz CT molecular complexity index is 472. The summed E-state index contributed by atoms with van der Waals surface area (Å²) in [7, 11) is 1.99. The molecule has 2 rings (SSSR count). The highest BCUT2D eigenvalue weighted by molar-refractivity contribution is 9.10. The molecule has 1 N–H and O–H groups in total. The van der Waals surface area contributed by atoms with Gasteiger partial charge in [0.2, 0.25) is 0 Å². The Morgan fingerprint density at radius 1 is 1.28 bits per heavy atom. The SMILES string of the molecule is CNC(CSc1ccccc1Br)Cc1ccco1. The topological polar surface area (TPSA) is 25.2 Å². The van der Waals surface area contributed by atoms with Gasteiger partial charge in [0, 0.05) is 27.6 Å². The number of furan rings is 1. The molecule has 0 saturated carbocycles. The molecule has 0 aliphatic heterocycles. The van der Waals surface area contributed by atoms with Crippen molar-refractivity contribution in [1.82, 2.24) is 5.32 Å². The van der Waals surface area contributed by atoms with Gasteiger partial charge in [-0.05, 0) is 47.2 Å². The summed E-state index contributed by atoms with van der Waals surface area (Å²) in [6.45, 7) is 0. The molecule has 2 aromatic rings. The molecule has 0 radical (unpaired) electrons. The second-order valence-corrected chi connectivity index (χ2v) is 5.93. The van der Waals surface area contributed by atoms with E-state index in [9.17, 15) is 0 Å². The third-order valence-corrected chi connectivity index (χ3v) is 4.90. The van der Waals surface area contributed by atoms with Gasteiger partial charge >= 0.3 is 0 Å². The maximum absolute atomic E-state index is 5.38. The monoisotopic (exact) mass is 325 g/mol. The maximum atomic E-state index is 5.38. The van der Waals surface area contributed by atoms with E-state index in [1.807, 2.05) is 37.0 Å². The maximum Gasteiger partial charge on any atom is 0.105 e. The standard InChI is InChI=1S/C14H16BrNOS/c1-16-11(9-12-5-4-8-17-12)10-18-14-7-3-2-6-13(14)15/h2-8,11,16H,9-10H2,1H3. The van der Waals surface area contributed by atoms with E-state index in [4.69, 9.17) is 4.42 Å². The molecule has 1 heterocycles. The number of thioether (sulfide) groups is 1. The van der Waals surface area contributed by atoms with Gasteiger partial charge < -0.3 is 9.73 Å². The average Bonchev–Trinajstić information content (AvgIpc) is 2.89. The van der Waals surface area contributed by atoms with Crippen molar-refractivity contribution in [2.75, 3.05) is 12.8 Å². The van der Waals surface area contributed by atoms with Crippen LogP contribution in [-0.4, -0.2) is 18.8 Å². The van der Waals surface area contributed by atoms with Crippen molar-refractivity contribution in [3.05, 3.63) is 52.9 Å². The Morgan fingerprint density at radius 3 is 2.78 bits per heavy atom. The molecule has 4 heteroatoms. The first-order valence-corrected chi connectivity index (χ1v) is 7.64. The van der Waals surface area contributed by atoms with Crippen molar-refractivity contribution in [2.24, 2.45) is 0 Å². The van der Waals surface area contributed by atoms with E-state index in [2.05, 4.69) is 39.4 Å². The smallest absolute Gasteiger partial charge is 0.105 e. The van der Waals surface area contributed by atoms with E-state index >= 15 is 0 Å². The Balaban J connectivity index is 1.89. The van der Waals surface area contributed by atoms with Crippen LogP contribution in [0.1, 0.15) is 5.76 Å². The minimum absolute atomic E-state index is 0.410. The van der Waals surface area contributed by atoms with Gasteiger partial charge in [0.05, 0.1) is 6.26 Å². The van der Waals surface area contributed by atoms with Gasteiger partial charge in [-0.15, -0.1) is 11.8 Å². The molecule has 0 aliphatic carbocycles. The molecule has 0 aliphatic rings. The fourth-order valence-electron chi connectivity index (χ4n) is 1.67. The number of hydrogen-bond acceptors (Lipinski definition) is 3. The first-order valence-electron chi connectivity index (χ1n) is 5.86. The fourth-order valence-corrected chi connectivity index (χ4v) is 3.34. The summed E-state index contributed by atoms with van der Waals surface area (Å²) in [4.78, 5) is 1.28. The molecule has 1 aromatic carbocycles. The molecule has 18 heavy (non-hydrogen) atoms. The highest BCUT2D eigenvalue weighted by atomic mass is 79.9. The zero-order valence-electron chi connectivity index (χ0n) is 10.2. The summed E-state index contributed by atoms with van der Waals surface area (Å²) in [6.07, 6.45) is 2.64. The normalized spacial score (nSPS) is 12.6. The molecule has 0 saturated heterocycles. The lowest BCUT2D eigenvalue weighted by atomic mass is 10.2. The second kappa shape index (κ2) is 7.02. The summed E-state index contributed by atoms with van der Waals surface area (Å²) >= 11 is 5.42. The molecule has 1 atom stereocenters. The number of halogens is 1. The Hall–Kier alpha value is -0.710. The van der Waals surface area contributed by atoms with Gasteiger partial charge in [0.25, 0.3) is 0 Å². The predicted molar refractivity (Wildman–Crippen MR) is 80.1 cm³/mol. The molecule has 1 unspecified atom stereocenters. The summed E-state index contributed by atoms with van der Waals surface area (Å²) < 4.78 is 6.54. The van der Waals surface area contributed by atoms with E-state index < -0.39 is 0 Å². The van der Waals surface area contributed by atoms with Crippen molar-refractivity contribution in [1.29, 1.82) is 0 Å². The van der Waals surface area contributed by atoms with Gasteiger partial charge in [-0.2, -0.15) is 0 Å². The van der Waals surface area contributed by atoms with E-state index in [1.165, 1.54) is 4.90 Å². The van der Waals surface area contributed by atoms with Crippen LogP contribution in [0.15, 0.2) is 56.4 Å². The average molecular weight is 326 g/mol. The highest BCUT2D eigenvalue weighted by Crippen LogP contribution is 2.27. The van der Waals surface area contributed by atoms with Gasteiger partial charge in [0.1, 0.15) is 5.76 Å². The minimum Gasteiger partial charge on any atom is -0.469 e. The van der Waals surface area contributed by atoms with Crippen LogP contribution in [0.2, 0.25) is 0 Å². The lowest BCUT2D eigenvalue weighted by Gasteiger charge is -2.14. The zero-order valence-corrected chi connectivity index (χ0v) is 12.6. The first-order chi connectivity index (χ1) is 8.79. The third kappa shape index (κ3) is 3.90. The van der Waals surface area contributed by atoms with Crippen molar-refractivity contribution in [3.63, 3.8) is 0 Å². The quantitative estimate of drug-likeness (QED) is 0.814. The molecular formula is C14H16BrNOS. The zero-order chi connectivity index (χ0) is 12.8. The molecule has 2 nitrogen and oxygen atoms in total. The Kier molecular flexibility index (Phi) is 5.35. The fraction of sp³-hybridized carbons (Fsp3) is 0.286. The first kappa shape index (κ1) is 13.7. The van der Waals surface area contributed by atoms with Crippen LogP contribution in [0.4, 0.5) is 0 Å². The van der Waals surface area contributed by atoms with Gasteiger partial charge in [0.15, 0.2) is 0 Å². The van der Waals surface area contributed by atoms with Gasteiger partial charge in [-0.3, -0.25) is 0 Å². The van der Waals surface area contributed by atoms with Crippen LogP contribution in [0.25, 0.3) is 0 Å². The van der Waals surface area contributed by atoms with Crippen LogP contribution < -0.4 is 5.32 Å². The van der Waals surface area contributed by atoms with E-state index in [1.54, 1.807) is 6.26 Å². The lowest BCUT2D eigenvalue weighted by Crippen LogP contribution is -2.29. The summed E-state index contributed by atoms with van der Waals surface area (Å²) in [6, 6.07) is 12.7. The van der Waals surface area contributed by atoms with Gasteiger partial charge in [-0.1, -0.05) is 12.1 Å². The molecule has 1 aromatic heterocycles. The summed E-state index contributed by atoms with van der Waals surface area (Å²) in [5, 5.41) is 3.33. The molecule has 0 fully saturated rings. The van der Waals surface area contributed by atoms with E-state index in [0.29, 0.717) is 6.04 Å². The number of nitrogens with one attached hydrogen (secondary N) is 1. The molecule has 0 spiro atoms. The second-order valence-electron chi connectivity index (χ2n) is 4.01. The predicted octanol–water partition coefficient (Wildman–Crippen LogP) is 3.96. The van der Waals surface area contributed by atoms with Crippen LogP contribution >= 0.6 is 27.7 Å². The molecule has 0 amide bonds. The van der Waals surface area contributed by atoms with Crippen LogP contribution in [0.3, 0.4) is 0 Å². The minimum atomic E-state index is 0.410. The molecule has 0 bridgehead atoms. The third-order valence-electron chi connectivity index (χ3n) is 2.71. The van der Waals surface area contributed by atoms with E-state index in [-0.39, 0.29) is 0 Å². The van der Waals surface area contributed by atoms with Crippen LogP contribution in [-0.2, 0) is 6.42 Å². The van der Waals surface area contributed by atoms with Crippen molar-refractivity contribution in [3.8, 4) is 0 Å². The van der Waals surface area contributed by atoms with Gasteiger partial charge in [-0.25, -0.2) is 0 Å². The van der Waals surface area contributed by atoms with Crippen molar-refractivity contribution in [2.45, 2.75) is 17.4 Å². The number of likely N-dealkylation sites (N-methyl/N-ethyl adjacent to an activating group) is 1. The van der Waals surface area contributed by atoms with E-state index in [0.717, 1.165) is 22.4 Å². The summed E-state index contributed by atoms with van der Waals surface area (Å²) in [5.41, 5.74) is 0. The molecular weight excluding hydrogens is 310 g/mol. The molecule has 96 valence electrons. The Morgan fingerprint density at radius 2 is 2.11 bits per heavy atom. The Labute approximate surface area is 120 Å². The highest BCUT2D eigenvalue weighted by Gasteiger charge is 2.10. The van der Waals surface area contributed by atoms with Crippen LogP contribution in [0, 0.1) is 0 Å². The lowest BCUT2D eigenvalue weighted by molar-refractivity contribution is 0.474.